The molecule has 0 radical (unpaired) electrons. The van der Waals surface area contributed by atoms with Crippen LogP contribution in [0, 0.1) is 5.92 Å². The lowest BCUT2D eigenvalue weighted by Crippen LogP contribution is -2.45. The highest BCUT2D eigenvalue weighted by molar-refractivity contribution is 7.91. The zero-order valence-electron chi connectivity index (χ0n) is 14.8. The monoisotopic (exact) mass is 429 g/mol. The van der Waals surface area contributed by atoms with Gasteiger partial charge >= 0.3 is 0 Å². The summed E-state index contributed by atoms with van der Waals surface area (Å²) in [5, 5.41) is 13.3. The summed E-state index contributed by atoms with van der Waals surface area (Å²) in [5.41, 5.74) is 1.01. The number of hydrogen-bond acceptors (Lipinski definition) is 6. The van der Waals surface area contributed by atoms with Crippen LogP contribution < -0.4 is 10.0 Å². The molecule has 27 heavy (non-hydrogen) atoms. The highest BCUT2D eigenvalue weighted by Gasteiger charge is 2.31. The van der Waals surface area contributed by atoms with Gasteiger partial charge in [-0.1, -0.05) is 17.7 Å². The van der Waals surface area contributed by atoms with Crippen LogP contribution in [-0.2, 0) is 16.6 Å². The zero-order valence-corrected chi connectivity index (χ0v) is 17.2. The van der Waals surface area contributed by atoms with Crippen molar-refractivity contribution in [1.82, 2.24) is 15.0 Å². The second-order valence-electron chi connectivity index (χ2n) is 6.78. The Morgan fingerprint density at radius 1 is 1.22 bits per heavy atom. The number of pyridine rings is 1. The van der Waals surface area contributed by atoms with E-state index < -0.39 is 16.1 Å². The van der Waals surface area contributed by atoms with E-state index in [4.69, 9.17) is 11.6 Å². The Hall–Kier alpha value is -1.03. The summed E-state index contributed by atoms with van der Waals surface area (Å²) < 4.78 is 28.2. The van der Waals surface area contributed by atoms with E-state index in [1.54, 1.807) is 12.3 Å². The van der Waals surface area contributed by atoms with Crippen molar-refractivity contribution in [3.8, 4) is 0 Å². The summed E-state index contributed by atoms with van der Waals surface area (Å²) in [6.07, 6.45) is 5.39. The third kappa shape index (κ3) is 5.73. The van der Waals surface area contributed by atoms with Crippen LogP contribution in [0.1, 0.15) is 31.4 Å². The average molecular weight is 430 g/mol. The van der Waals surface area contributed by atoms with E-state index in [9.17, 15) is 13.5 Å². The number of aliphatic hydroxyl groups excluding tert-OH is 1. The molecule has 0 aliphatic heterocycles. The molecule has 0 amide bonds. The molecule has 1 aliphatic carbocycles. The second kappa shape index (κ2) is 9.45. The number of sulfonamides is 1. The fourth-order valence-corrected chi connectivity index (χ4v) is 6.25. The van der Waals surface area contributed by atoms with Crippen molar-refractivity contribution in [2.24, 2.45) is 5.92 Å². The highest BCUT2D eigenvalue weighted by Crippen LogP contribution is 2.30. The predicted octanol–water partition coefficient (Wildman–Crippen LogP) is 2.78. The molecule has 6 nitrogen and oxygen atoms in total. The minimum Gasteiger partial charge on any atom is -0.395 e. The highest BCUT2D eigenvalue weighted by atomic mass is 35.5. The van der Waals surface area contributed by atoms with Crippen LogP contribution in [0.4, 0.5) is 0 Å². The molecule has 3 rings (SSSR count). The Bertz CT molecular complexity index is 821. The number of hydrogen-bond donors (Lipinski definition) is 3. The normalized spacial score (nSPS) is 21.9. The van der Waals surface area contributed by atoms with Gasteiger partial charge in [0, 0.05) is 24.8 Å². The molecule has 9 heteroatoms. The van der Waals surface area contributed by atoms with Crippen LogP contribution in [0.3, 0.4) is 0 Å². The van der Waals surface area contributed by atoms with Crippen molar-refractivity contribution < 1.29 is 13.5 Å². The minimum atomic E-state index is -3.66. The molecule has 0 bridgehead atoms. The lowest BCUT2D eigenvalue weighted by atomic mass is 9.82. The number of rotatable bonds is 8. The first-order valence-electron chi connectivity index (χ1n) is 9.00. The number of thiophene rings is 1. The maximum Gasteiger partial charge on any atom is 0.250 e. The smallest absolute Gasteiger partial charge is 0.250 e. The van der Waals surface area contributed by atoms with Crippen molar-refractivity contribution in [2.45, 2.75) is 48.5 Å². The van der Waals surface area contributed by atoms with Gasteiger partial charge in [-0.3, -0.25) is 4.98 Å². The molecule has 0 aromatic carbocycles. The molecule has 1 saturated carbocycles. The van der Waals surface area contributed by atoms with Gasteiger partial charge in [-0.15, -0.1) is 11.3 Å². The SMILES string of the molecule is O=S(=O)(N[C@H](CO)C1CCC(NCc2ccccn2)CC1)c1ccc(Cl)s1. The Morgan fingerprint density at radius 2 is 2.00 bits per heavy atom. The summed E-state index contributed by atoms with van der Waals surface area (Å²) in [6.45, 7) is 0.514. The van der Waals surface area contributed by atoms with Gasteiger partial charge in [0.15, 0.2) is 0 Å². The Labute approximate surface area is 169 Å². The molecule has 0 unspecified atom stereocenters. The molecule has 1 atom stereocenters. The maximum absolute atomic E-state index is 12.5. The van der Waals surface area contributed by atoms with E-state index in [1.165, 1.54) is 6.07 Å². The van der Waals surface area contributed by atoms with Crippen molar-refractivity contribution in [3.63, 3.8) is 0 Å². The van der Waals surface area contributed by atoms with E-state index in [-0.39, 0.29) is 16.7 Å². The lowest BCUT2D eigenvalue weighted by molar-refractivity contribution is 0.175. The second-order valence-corrected chi connectivity index (χ2v) is 10.4. The number of halogens is 1. The fourth-order valence-electron chi connectivity index (χ4n) is 3.46. The van der Waals surface area contributed by atoms with Crippen LogP contribution in [0.5, 0.6) is 0 Å². The van der Waals surface area contributed by atoms with E-state index >= 15 is 0 Å². The predicted molar refractivity (Wildman–Crippen MR) is 107 cm³/mol. The van der Waals surface area contributed by atoms with Crippen molar-refractivity contribution in [3.05, 3.63) is 46.6 Å². The van der Waals surface area contributed by atoms with Gasteiger partial charge in [0.05, 0.1) is 16.6 Å². The molecule has 1 fully saturated rings. The Kier molecular flexibility index (Phi) is 7.24. The molecule has 0 spiro atoms. The Balaban J connectivity index is 1.51. The van der Waals surface area contributed by atoms with E-state index in [1.807, 2.05) is 18.2 Å². The number of aliphatic hydroxyl groups is 1. The average Bonchev–Trinajstić information content (AvgIpc) is 3.13. The lowest BCUT2D eigenvalue weighted by Gasteiger charge is -2.33. The van der Waals surface area contributed by atoms with Gasteiger partial charge in [0.1, 0.15) is 4.21 Å². The Morgan fingerprint density at radius 3 is 2.59 bits per heavy atom. The largest absolute Gasteiger partial charge is 0.395 e. The van der Waals surface area contributed by atoms with E-state index in [2.05, 4.69) is 15.0 Å². The first-order valence-corrected chi connectivity index (χ1v) is 11.7. The topological polar surface area (TPSA) is 91.3 Å². The summed E-state index contributed by atoms with van der Waals surface area (Å²) in [4.78, 5) is 4.31. The van der Waals surface area contributed by atoms with Gasteiger partial charge in [0.25, 0.3) is 0 Å². The molecule has 148 valence electrons. The molecular formula is C18H24ClN3O3S2. The van der Waals surface area contributed by atoms with Crippen LogP contribution in [0.15, 0.2) is 40.7 Å². The zero-order chi connectivity index (χ0) is 19.3. The molecule has 3 N–H and O–H groups in total. The van der Waals surface area contributed by atoms with Gasteiger partial charge in [-0.05, 0) is 55.9 Å². The number of nitrogens with zero attached hydrogens (tertiary/aromatic N) is 1. The van der Waals surface area contributed by atoms with Crippen LogP contribution in [0.2, 0.25) is 4.34 Å². The number of nitrogens with one attached hydrogen (secondary N) is 2. The fraction of sp³-hybridized carbons (Fsp3) is 0.500. The first kappa shape index (κ1) is 20.7. The summed E-state index contributed by atoms with van der Waals surface area (Å²) in [5.74, 6) is 0.119. The van der Waals surface area contributed by atoms with E-state index in [0.29, 0.717) is 10.4 Å². The molecule has 2 aromatic heterocycles. The summed E-state index contributed by atoms with van der Waals surface area (Å²) in [6, 6.07) is 8.82. The van der Waals surface area contributed by atoms with Gasteiger partial charge in [-0.25, -0.2) is 13.1 Å². The number of aromatic nitrogens is 1. The first-order chi connectivity index (χ1) is 13.0. The minimum absolute atomic E-state index is 0.119. The summed E-state index contributed by atoms with van der Waals surface area (Å²) >= 11 is 6.86. The van der Waals surface area contributed by atoms with Crippen molar-refractivity contribution in [2.75, 3.05) is 6.61 Å². The van der Waals surface area contributed by atoms with Gasteiger partial charge < -0.3 is 10.4 Å². The quantitative estimate of drug-likeness (QED) is 0.600. The van der Waals surface area contributed by atoms with Crippen LogP contribution in [-0.4, -0.2) is 37.2 Å². The molecule has 2 aromatic rings. The van der Waals surface area contributed by atoms with Crippen LogP contribution in [0.25, 0.3) is 0 Å². The molecule has 1 aliphatic rings. The maximum atomic E-state index is 12.5. The third-order valence-electron chi connectivity index (χ3n) is 4.96. The molecule has 0 saturated heterocycles. The standard InChI is InChI=1S/C18H24ClN3O3S2/c19-17-8-9-18(26-17)27(24,25)22-16(12-23)13-4-6-14(7-5-13)21-11-15-3-1-2-10-20-15/h1-3,8-10,13-14,16,21-23H,4-7,11-12H2/t13?,14?,16-/m1/s1. The molecule has 2 heterocycles. The van der Waals surface area contributed by atoms with E-state index in [0.717, 1.165) is 49.3 Å². The van der Waals surface area contributed by atoms with Gasteiger partial charge in [-0.2, -0.15) is 0 Å². The molecular weight excluding hydrogens is 406 g/mol. The third-order valence-corrected chi connectivity index (χ3v) is 8.17. The van der Waals surface area contributed by atoms with Gasteiger partial charge in [0.2, 0.25) is 10.0 Å². The van der Waals surface area contributed by atoms with Crippen LogP contribution >= 0.6 is 22.9 Å². The van der Waals surface area contributed by atoms with Crippen molar-refractivity contribution >= 4 is 33.0 Å². The summed E-state index contributed by atoms with van der Waals surface area (Å²) in [7, 11) is -3.66. The van der Waals surface area contributed by atoms with Crippen molar-refractivity contribution in [1.29, 1.82) is 0 Å².